The van der Waals surface area contributed by atoms with Crippen molar-refractivity contribution in [3.05, 3.63) is 42.5 Å². The first-order valence-electron chi connectivity index (χ1n) is 5.72. The molecule has 4 nitrogen and oxygen atoms in total. The summed E-state index contributed by atoms with van der Waals surface area (Å²) in [7, 11) is 1.31. The van der Waals surface area contributed by atoms with Gasteiger partial charge in [-0.3, -0.25) is 9.59 Å². The van der Waals surface area contributed by atoms with E-state index in [-0.39, 0.29) is 24.6 Å². The number of benzene rings is 1. The summed E-state index contributed by atoms with van der Waals surface area (Å²) in [6, 6.07) is 7.18. The van der Waals surface area contributed by atoms with Crippen molar-refractivity contribution >= 4 is 17.4 Å². The standard InChI is InChI=1S/C14H17NO3/c1-3-9-15-12-6-4-5-11(10-12)13(16)7-8-14(17)18-2/h3-6,10,15H,1,7-9H2,2H3. The zero-order chi connectivity index (χ0) is 13.4. The van der Waals surface area contributed by atoms with Gasteiger partial charge in [-0.1, -0.05) is 18.2 Å². The van der Waals surface area contributed by atoms with Crippen LogP contribution in [0.25, 0.3) is 0 Å². The van der Waals surface area contributed by atoms with Crippen LogP contribution in [0, 0.1) is 0 Å². The molecule has 0 bridgehead atoms. The molecule has 0 aliphatic heterocycles. The molecular weight excluding hydrogens is 230 g/mol. The third-order valence-electron chi connectivity index (χ3n) is 2.42. The van der Waals surface area contributed by atoms with Gasteiger partial charge in [-0.15, -0.1) is 6.58 Å². The number of Topliss-reactive ketones (excluding diaryl/α,β-unsaturated/α-hetero) is 1. The van der Waals surface area contributed by atoms with Gasteiger partial charge in [0.15, 0.2) is 5.78 Å². The molecule has 1 rings (SSSR count). The smallest absolute Gasteiger partial charge is 0.305 e. The normalized spacial score (nSPS) is 9.61. The number of carbonyl (C=O) groups excluding carboxylic acids is 2. The Kier molecular flexibility index (Phi) is 5.64. The Morgan fingerprint density at radius 1 is 1.39 bits per heavy atom. The highest BCUT2D eigenvalue weighted by molar-refractivity contribution is 5.98. The molecule has 0 radical (unpaired) electrons. The van der Waals surface area contributed by atoms with Gasteiger partial charge in [0.2, 0.25) is 0 Å². The first kappa shape index (κ1) is 14.0. The molecule has 96 valence electrons. The maximum absolute atomic E-state index is 11.8. The Labute approximate surface area is 107 Å². The van der Waals surface area contributed by atoms with Gasteiger partial charge in [0, 0.05) is 24.2 Å². The molecule has 0 saturated heterocycles. The summed E-state index contributed by atoms with van der Waals surface area (Å²) in [4.78, 5) is 22.8. The van der Waals surface area contributed by atoms with E-state index in [9.17, 15) is 9.59 Å². The summed E-state index contributed by atoms with van der Waals surface area (Å²) in [6.07, 6.45) is 2.02. The largest absolute Gasteiger partial charge is 0.469 e. The fourth-order valence-electron chi connectivity index (χ4n) is 1.45. The molecule has 0 fully saturated rings. The number of carbonyl (C=O) groups is 2. The van der Waals surface area contributed by atoms with Crippen LogP contribution in [0.2, 0.25) is 0 Å². The number of ether oxygens (including phenoxy) is 1. The number of rotatable bonds is 7. The molecule has 1 aromatic carbocycles. The van der Waals surface area contributed by atoms with E-state index in [2.05, 4.69) is 16.6 Å². The Bertz CT molecular complexity index is 440. The number of anilines is 1. The Morgan fingerprint density at radius 2 is 2.17 bits per heavy atom. The highest BCUT2D eigenvalue weighted by atomic mass is 16.5. The maximum atomic E-state index is 11.8. The minimum Gasteiger partial charge on any atom is -0.469 e. The van der Waals surface area contributed by atoms with Crippen LogP contribution in [0.15, 0.2) is 36.9 Å². The van der Waals surface area contributed by atoms with Crippen LogP contribution in [-0.2, 0) is 9.53 Å². The number of ketones is 1. The molecule has 0 atom stereocenters. The number of hydrogen-bond acceptors (Lipinski definition) is 4. The molecule has 0 saturated carbocycles. The lowest BCUT2D eigenvalue weighted by molar-refractivity contribution is -0.140. The SMILES string of the molecule is C=CCNc1cccc(C(=O)CCC(=O)OC)c1. The second-order valence-electron chi connectivity index (χ2n) is 3.75. The average Bonchev–Trinajstić information content (AvgIpc) is 2.42. The van der Waals surface area contributed by atoms with Gasteiger partial charge < -0.3 is 10.1 Å². The monoisotopic (exact) mass is 247 g/mol. The van der Waals surface area contributed by atoms with Crippen molar-refractivity contribution in [1.29, 1.82) is 0 Å². The maximum Gasteiger partial charge on any atom is 0.305 e. The molecular formula is C14H17NO3. The molecule has 4 heteroatoms. The van der Waals surface area contributed by atoms with E-state index in [1.165, 1.54) is 7.11 Å². The Balaban J connectivity index is 2.62. The molecule has 0 heterocycles. The van der Waals surface area contributed by atoms with Gasteiger partial charge in [-0.2, -0.15) is 0 Å². The van der Waals surface area contributed by atoms with Gasteiger partial charge in [0.05, 0.1) is 13.5 Å². The highest BCUT2D eigenvalue weighted by Gasteiger charge is 2.09. The van der Waals surface area contributed by atoms with Gasteiger partial charge in [0.25, 0.3) is 0 Å². The summed E-state index contributed by atoms with van der Waals surface area (Å²) in [5.74, 6) is -0.438. The lowest BCUT2D eigenvalue weighted by atomic mass is 10.1. The fourth-order valence-corrected chi connectivity index (χ4v) is 1.45. The predicted octanol–water partition coefficient (Wildman–Crippen LogP) is 2.42. The van der Waals surface area contributed by atoms with E-state index in [1.807, 2.05) is 6.07 Å². The lowest BCUT2D eigenvalue weighted by Crippen LogP contribution is -2.06. The number of hydrogen-bond donors (Lipinski definition) is 1. The van der Waals surface area contributed by atoms with Crippen LogP contribution < -0.4 is 5.32 Å². The quantitative estimate of drug-likeness (QED) is 0.457. The molecule has 0 amide bonds. The zero-order valence-electron chi connectivity index (χ0n) is 10.4. The van der Waals surface area contributed by atoms with Crippen molar-refractivity contribution in [2.24, 2.45) is 0 Å². The van der Waals surface area contributed by atoms with Crippen LogP contribution in [0.1, 0.15) is 23.2 Å². The molecule has 0 unspecified atom stereocenters. The van der Waals surface area contributed by atoms with Crippen LogP contribution in [0.3, 0.4) is 0 Å². The minimum atomic E-state index is -0.371. The molecule has 0 spiro atoms. The van der Waals surface area contributed by atoms with Gasteiger partial charge in [-0.05, 0) is 12.1 Å². The van der Waals surface area contributed by atoms with Crippen LogP contribution in [-0.4, -0.2) is 25.4 Å². The topological polar surface area (TPSA) is 55.4 Å². The molecule has 1 N–H and O–H groups in total. The first-order valence-corrected chi connectivity index (χ1v) is 5.72. The molecule has 0 aliphatic carbocycles. The first-order chi connectivity index (χ1) is 8.67. The lowest BCUT2D eigenvalue weighted by Gasteiger charge is -2.05. The summed E-state index contributed by atoms with van der Waals surface area (Å²) in [5, 5.41) is 3.10. The van der Waals surface area contributed by atoms with E-state index in [0.29, 0.717) is 12.1 Å². The van der Waals surface area contributed by atoms with E-state index < -0.39 is 0 Å². The minimum absolute atomic E-state index is 0.0670. The molecule has 0 aliphatic rings. The molecule has 18 heavy (non-hydrogen) atoms. The van der Waals surface area contributed by atoms with Gasteiger partial charge >= 0.3 is 5.97 Å². The van der Waals surface area contributed by atoms with Gasteiger partial charge in [-0.25, -0.2) is 0 Å². The van der Waals surface area contributed by atoms with Crippen molar-refractivity contribution < 1.29 is 14.3 Å². The summed E-state index contributed by atoms with van der Waals surface area (Å²) in [5.41, 5.74) is 1.45. The molecule has 0 aromatic heterocycles. The van der Waals surface area contributed by atoms with Crippen LogP contribution in [0.5, 0.6) is 0 Å². The second kappa shape index (κ2) is 7.27. The van der Waals surface area contributed by atoms with Crippen molar-refractivity contribution in [2.75, 3.05) is 19.0 Å². The third-order valence-corrected chi connectivity index (χ3v) is 2.42. The summed E-state index contributed by atoms with van der Waals surface area (Å²) >= 11 is 0. The fraction of sp³-hybridized carbons (Fsp3) is 0.286. The zero-order valence-corrected chi connectivity index (χ0v) is 10.4. The van der Waals surface area contributed by atoms with Crippen molar-refractivity contribution in [2.45, 2.75) is 12.8 Å². The van der Waals surface area contributed by atoms with Crippen LogP contribution in [0.4, 0.5) is 5.69 Å². The predicted molar refractivity (Wildman–Crippen MR) is 70.7 cm³/mol. The number of esters is 1. The number of methoxy groups -OCH3 is 1. The van der Waals surface area contributed by atoms with Crippen molar-refractivity contribution in [3.8, 4) is 0 Å². The average molecular weight is 247 g/mol. The highest BCUT2D eigenvalue weighted by Crippen LogP contribution is 2.13. The van der Waals surface area contributed by atoms with E-state index in [4.69, 9.17) is 0 Å². The Hall–Kier alpha value is -2.10. The van der Waals surface area contributed by atoms with Gasteiger partial charge in [0.1, 0.15) is 0 Å². The molecule has 1 aromatic rings. The second-order valence-corrected chi connectivity index (χ2v) is 3.75. The summed E-state index contributed by atoms with van der Waals surface area (Å²) < 4.78 is 4.50. The van der Waals surface area contributed by atoms with Crippen molar-refractivity contribution in [3.63, 3.8) is 0 Å². The van der Waals surface area contributed by atoms with E-state index in [1.54, 1.807) is 24.3 Å². The number of nitrogens with one attached hydrogen (secondary N) is 1. The van der Waals surface area contributed by atoms with E-state index >= 15 is 0 Å². The Morgan fingerprint density at radius 3 is 2.83 bits per heavy atom. The van der Waals surface area contributed by atoms with E-state index in [0.717, 1.165) is 5.69 Å². The third kappa shape index (κ3) is 4.41. The van der Waals surface area contributed by atoms with Crippen LogP contribution >= 0.6 is 0 Å². The van der Waals surface area contributed by atoms with Crippen molar-refractivity contribution in [1.82, 2.24) is 0 Å². The summed E-state index contributed by atoms with van der Waals surface area (Å²) in [6.45, 7) is 4.25.